The maximum absolute atomic E-state index is 13.9. The van der Waals surface area contributed by atoms with Gasteiger partial charge in [-0.1, -0.05) is 18.2 Å². The fourth-order valence-corrected chi connectivity index (χ4v) is 3.98. The van der Waals surface area contributed by atoms with Gasteiger partial charge in [0.05, 0.1) is 23.0 Å². The van der Waals surface area contributed by atoms with E-state index in [2.05, 4.69) is 20.0 Å². The highest BCUT2D eigenvalue weighted by molar-refractivity contribution is 7.92. The van der Waals surface area contributed by atoms with Gasteiger partial charge >= 0.3 is 0 Å². The molecule has 31 heavy (non-hydrogen) atoms. The number of nitrogen functional groups attached to an aromatic ring is 1. The van der Waals surface area contributed by atoms with Crippen molar-refractivity contribution in [3.63, 3.8) is 0 Å². The molecule has 3 aromatic carbocycles. The van der Waals surface area contributed by atoms with Crippen molar-refractivity contribution in [2.45, 2.75) is 4.90 Å². The molecule has 8 nitrogen and oxygen atoms in total. The molecule has 1 aromatic heterocycles. The fraction of sp³-hybridized carbons (Fsp3) is 0.0476. The molecular formula is C21H18FN5O3S. The number of nitrogens with one attached hydrogen (secondary N) is 2. The summed E-state index contributed by atoms with van der Waals surface area (Å²) in [5.41, 5.74) is 7.34. The van der Waals surface area contributed by atoms with Gasteiger partial charge in [0.15, 0.2) is 11.6 Å². The number of nitrogens with two attached hydrogens (primary N) is 1. The Morgan fingerprint density at radius 3 is 2.32 bits per heavy atom. The number of halogens is 1. The Morgan fingerprint density at radius 2 is 1.65 bits per heavy atom. The molecule has 0 saturated heterocycles. The molecule has 10 heteroatoms. The molecule has 0 aliphatic heterocycles. The van der Waals surface area contributed by atoms with Gasteiger partial charge in [-0.2, -0.15) is 0 Å². The minimum Gasteiger partial charge on any atom is -0.497 e. The summed E-state index contributed by atoms with van der Waals surface area (Å²) in [6, 6.07) is 16.9. The maximum atomic E-state index is 13.9. The number of fused-ring (bicyclic) bond motifs is 1. The molecule has 0 aliphatic carbocycles. The van der Waals surface area contributed by atoms with Crippen LogP contribution < -0.4 is 20.5 Å². The van der Waals surface area contributed by atoms with Gasteiger partial charge in [0.2, 0.25) is 0 Å². The molecule has 0 spiro atoms. The zero-order valence-corrected chi connectivity index (χ0v) is 17.2. The molecule has 0 amide bonds. The molecular weight excluding hydrogens is 421 g/mol. The maximum Gasteiger partial charge on any atom is 0.263 e. The minimum atomic E-state index is -4.01. The van der Waals surface area contributed by atoms with Gasteiger partial charge in [-0.05, 0) is 36.4 Å². The van der Waals surface area contributed by atoms with E-state index in [0.29, 0.717) is 22.4 Å². The number of aromatic nitrogens is 2. The average molecular weight is 439 g/mol. The Bertz CT molecular complexity index is 1380. The summed E-state index contributed by atoms with van der Waals surface area (Å²) in [6.07, 6.45) is 0. The van der Waals surface area contributed by atoms with Gasteiger partial charge in [-0.15, -0.1) is 0 Å². The molecule has 4 aromatic rings. The standard InChI is InChI=1S/C21H18FN5O3S/c1-30-16-10-13(22)9-15(12-16)24-20-21(26-19-8-3-2-7-18(19)25-20)27-31(28,29)17-6-4-5-14(23)11-17/h2-12H,23H2,1H3,(H,24,25)(H,26,27). The monoisotopic (exact) mass is 439 g/mol. The molecule has 0 bridgehead atoms. The molecule has 0 unspecified atom stereocenters. The Hall–Kier alpha value is -3.92. The minimum absolute atomic E-state index is 0.0270. The van der Waals surface area contributed by atoms with Crippen molar-refractivity contribution in [2.24, 2.45) is 0 Å². The van der Waals surface area contributed by atoms with E-state index in [0.717, 1.165) is 0 Å². The van der Waals surface area contributed by atoms with Crippen LogP contribution in [0.5, 0.6) is 5.75 Å². The van der Waals surface area contributed by atoms with Crippen molar-refractivity contribution in [2.75, 3.05) is 22.9 Å². The molecule has 0 aliphatic rings. The molecule has 0 radical (unpaired) electrons. The normalized spacial score (nSPS) is 11.3. The number of nitrogens with zero attached hydrogens (tertiary/aromatic N) is 2. The average Bonchev–Trinajstić information content (AvgIpc) is 2.73. The summed E-state index contributed by atoms with van der Waals surface area (Å²) < 4.78 is 47.3. The van der Waals surface area contributed by atoms with Crippen molar-refractivity contribution in [1.29, 1.82) is 0 Å². The summed E-state index contributed by atoms with van der Waals surface area (Å²) in [5, 5.41) is 2.92. The Morgan fingerprint density at radius 1 is 0.935 bits per heavy atom. The van der Waals surface area contributed by atoms with Crippen molar-refractivity contribution in [1.82, 2.24) is 9.97 Å². The predicted octanol–water partition coefficient (Wildman–Crippen LogP) is 3.90. The van der Waals surface area contributed by atoms with E-state index in [-0.39, 0.29) is 22.3 Å². The summed E-state index contributed by atoms with van der Waals surface area (Å²) in [4.78, 5) is 8.83. The lowest BCUT2D eigenvalue weighted by atomic mass is 10.2. The summed E-state index contributed by atoms with van der Waals surface area (Å²) in [7, 11) is -2.60. The first-order valence-electron chi connectivity index (χ1n) is 9.11. The number of methoxy groups -OCH3 is 1. The van der Waals surface area contributed by atoms with Crippen LogP contribution >= 0.6 is 0 Å². The smallest absolute Gasteiger partial charge is 0.263 e. The van der Waals surface area contributed by atoms with E-state index in [1.165, 1.54) is 37.4 Å². The summed E-state index contributed by atoms with van der Waals surface area (Å²) in [5.74, 6) is -0.196. The first-order chi connectivity index (χ1) is 14.8. The van der Waals surface area contributed by atoms with Gasteiger partial charge < -0.3 is 15.8 Å². The number of benzene rings is 3. The molecule has 0 atom stereocenters. The highest BCUT2D eigenvalue weighted by Crippen LogP contribution is 2.29. The van der Waals surface area contributed by atoms with Gasteiger partial charge in [0.1, 0.15) is 11.6 Å². The number of anilines is 4. The van der Waals surface area contributed by atoms with Crippen LogP contribution in [0.2, 0.25) is 0 Å². The second-order valence-corrected chi connectivity index (χ2v) is 8.27. The summed E-state index contributed by atoms with van der Waals surface area (Å²) >= 11 is 0. The SMILES string of the molecule is COc1cc(F)cc(Nc2nc3ccccc3nc2NS(=O)(=O)c2cccc(N)c2)c1. The fourth-order valence-electron chi connectivity index (χ4n) is 2.92. The molecule has 4 rings (SSSR count). The second-order valence-electron chi connectivity index (χ2n) is 6.59. The van der Waals surface area contributed by atoms with E-state index in [4.69, 9.17) is 10.5 Å². The zero-order valence-electron chi connectivity index (χ0n) is 16.3. The van der Waals surface area contributed by atoms with E-state index in [1.54, 1.807) is 36.4 Å². The predicted molar refractivity (Wildman–Crippen MR) is 117 cm³/mol. The topological polar surface area (TPSA) is 119 Å². The lowest BCUT2D eigenvalue weighted by molar-refractivity contribution is 0.411. The van der Waals surface area contributed by atoms with Crippen LogP contribution in [0.4, 0.5) is 27.4 Å². The van der Waals surface area contributed by atoms with Crippen molar-refractivity contribution in [3.05, 3.63) is 72.5 Å². The molecule has 0 saturated carbocycles. The third kappa shape index (κ3) is 4.48. The van der Waals surface area contributed by atoms with Crippen LogP contribution in [-0.2, 0) is 10.0 Å². The largest absolute Gasteiger partial charge is 0.497 e. The van der Waals surface area contributed by atoms with E-state index < -0.39 is 15.8 Å². The van der Waals surface area contributed by atoms with Gasteiger partial charge in [0.25, 0.3) is 10.0 Å². The van der Waals surface area contributed by atoms with Crippen molar-refractivity contribution in [3.8, 4) is 5.75 Å². The summed E-state index contributed by atoms with van der Waals surface area (Å²) in [6.45, 7) is 0. The zero-order chi connectivity index (χ0) is 22.0. The highest BCUT2D eigenvalue weighted by Gasteiger charge is 2.19. The number of hydrogen-bond donors (Lipinski definition) is 3. The van der Waals surface area contributed by atoms with Gasteiger partial charge in [-0.25, -0.2) is 22.8 Å². The third-order valence-corrected chi connectivity index (χ3v) is 5.68. The Labute approximate surface area is 178 Å². The third-order valence-electron chi connectivity index (χ3n) is 4.34. The molecule has 1 heterocycles. The van der Waals surface area contributed by atoms with Crippen molar-refractivity contribution >= 4 is 44.1 Å². The quantitative estimate of drug-likeness (QED) is 0.390. The van der Waals surface area contributed by atoms with Crippen LogP contribution in [0.15, 0.2) is 71.6 Å². The van der Waals surface area contributed by atoms with Crippen LogP contribution in [0.3, 0.4) is 0 Å². The van der Waals surface area contributed by atoms with E-state index in [1.807, 2.05) is 0 Å². The first-order valence-corrected chi connectivity index (χ1v) is 10.6. The van der Waals surface area contributed by atoms with Gasteiger partial charge in [0, 0.05) is 23.5 Å². The number of rotatable bonds is 6. The number of para-hydroxylation sites is 2. The van der Waals surface area contributed by atoms with Crippen LogP contribution in [0.1, 0.15) is 0 Å². The lowest BCUT2D eigenvalue weighted by Gasteiger charge is -2.14. The van der Waals surface area contributed by atoms with Crippen molar-refractivity contribution < 1.29 is 17.5 Å². The second kappa shape index (κ2) is 8.07. The van der Waals surface area contributed by atoms with Crippen LogP contribution in [0.25, 0.3) is 11.0 Å². The number of sulfonamides is 1. The molecule has 4 N–H and O–H groups in total. The number of hydrogen-bond acceptors (Lipinski definition) is 7. The first kappa shape index (κ1) is 20.4. The van der Waals surface area contributed by atoms with E-state index in [9.17, 15) is 12.8 Å². The lowest BCUT2D eigenvalue weighted by Crippen LogP contribution is -2.16. The number of ether oxygens (including phenoxy) is 1. The van der Waals surface area contributed by atoms with Gasteiger partial charge in [-0.3, -0.25) is 4.72 Å². The molecule has 158 valence electrons. The molecule has 0 fully saturated rings. The van der Waals surface area contributed by atoms with Crippen LogP contribution in [-0.4, -0.2) is 25.5 Å². The Balaban J connectivity index is 1.79. The van der Waals surface area contributed by atoms with Crippen LogP contribution in [0, 0.1) is 5.82 Å². The Kier molecular flexibility index (Phi) is 5.30. The highest BCUT2D eigenvalue weighted by atomic mass is 32.2. The van der Waals surface area contributed by atoms with E-state index >= 15 is 0 Å².